The van der Waals surface area contributed by atoms with E-state index in [0.29, 0.717) is 13.1 Å². The van der Waals surface area contributed by atoms with Crippen LogP contribution in [0.1, 0.15) is 29.6 Å². The van der Waals surface area contributed by atoms with E-state index >= 15 is 0 Å². The predicted octanol–water partition coefficient (Wildman–Crippen LogP) is 3.39. The van der Waals surface area contributed by atoms with Crippen LogP contribution in [0.4, 0.5) is 14.5 Å². The molecule has 138 valence electrons. The minimum atomic E-state index is -3.79. The number of carbonyl (C=O) groups is 1. The Hall–Kier alpha value is -2.32. The highest BCUT2D eigenvalue weighted by Crippen LogP contribution is 2.23. The van der Waals surface area contributed by atoms with Crippen molar-refractivity contribution in [1.29, 1.82) is 0 Å². The van der Waals surface area contributed by atoms with Gasteiger partial charge in [0, 0.05) is 18.8 Å². The molecule has 26 heavy (non-hydrogen) atoms. The van der Waals surface area contributed by atoms with Gasteiger partial charge in [0.1, 0.15) is 11.6 Å². The van der Waals surface area contributed by atoms with Gasteiger partial charge in [-0.1, -0.05) is 12.5 Å². The van der Waals surface area contributed by atoms with E-state index in [1.165, 1.54) is 22.5 Å². The van der Waals surface area contributed by atoms with E-state index in [0.717, 1.165) is 43.5 Å². The van der Waals surface area contributed by atoms with Crippen molar-refractivity contribution in [2.75, 3.05) is 18.4 Å². The number of amides is 1. The van der Waals surface area contributed by atoms with Gasteiger partial charge in [0.25, 0.3) is 5.91 Å². The molecule has 0 spiro atoms. The summed E-state index contributed by atoms with van der Waals surface area (Å²) in [7, 11) is -3.79. The molecule has 2 aromatic carbocycles. The maximum absolute atomic E-state index is 14.1. The van der Waals surface area contributed by atoms with Gasteiger partial charge in [-0.25, -0.2) is 17.2 Å². The van der Waals surface area contributed by atoms with E-state index < -0.39 is 33.1 Å². The summed E-state index contributed by atoms with van der Waals surface area (Å²) in [5, 5.41) is 2.37. The highest BCUT2D eigenvalue weighted by atomic mass is 32.2. The fourth-order valence-corrected chi connectivity index (χ4v) is 4.40. The van der Waals surface area contributed by atoms with E-state index in [9.17, 15) is 22.0 Å². The minimum absolute atomic E-state index is 0.134. The molecule has 8 heteroatoms. The Morgan fingerprint density at radius 1 is 1.00 bits per heavy atom. The number of piperidine rings is 1. The average molecular weight is 380 g/mol. The van der Waals surface area contributed by atoms with Gasteiger partial charge in [0.15, 0.2) is 0 Å². The molecule has 0 aliphatic carbocycles. The van der Waals surface area contributed by atoms with Gasteiger partial charge in [0.2, 0.25) is 10.0 Å². The second-order valence-corrected chi connectivity index (χ2v) is 8.01. The molecular weight excluding hydrogens is 362 g/mol. The molecule has 1 N–H and O–H groups in total. The van der Waals surface area contributed by atoms with Crippen LogP contribution in [-0.2, 0) is 10.0 Å². The lowest BCUT2D eigenvalue weighted by atomic mass is 10.2. The summed E-state index contributed by atoms with van der Waals surface area (Å²) in [6, 6.07) is 8.28. The molecule has 0 atom stereocenters. The molecule has 2 aromatic rings. The van der Waals surface area contributed by atoms with Gasteiger partial charge < -0.3 is 5.32 Å². The first kappa shape index (κ1) is 18.5. The van der Waals surface area contributed by atoms with Crippen LogP contribution in [0.25, 0.3) is 0 Å². The summed E-state index contributed by atoms with van der Waals surface area (Å²) in [6.07, 6.45) is 2.51. The second-order valence-electron chi connectivity index (χ2n) is 6.07. The standard InChI is InChI=1S/C18H18F2N2O3S/c19-13-5-4-6-14(11-13)21-18(23)16-12-15(7-8-17(16)20)26(24,25)22-9-2-1-3-10-22/h4-8,11-12H,1-3,9-10H2,(H,21,23). The molecule has 1 amide bonds. The van der Waals surface area contributed by atoms with E-state index in [1.807, 2.05) is 0 Å². The zero-order chi connectivity index (χ0) is 18.7. The summed E-state index contributed by atoms with van der Waals surface area (Å²) in [5.41, 5.74) is -0.258. The van der Waals surface area contributed by atoms with Gasteiger partial charge in [0.05, 0.1) is 10.5 Å². The van der Waals surface area contributed by atoms with Gasteiger partial charge in [-0.3, -0.25) is 4.79 Å². The summed E-state index contributed by atoms with van der Waals surface area (Å²) in [6.45, 7) is 0.815. The van der Waals surface area contributed by atoms with Crippen LogP contribution >= 0.6 is 0 Å². The number of sulfonamides is 1. The minimum Gasteiger partial charge on any atom is -0.322 e. The highest BCUT2D eigenvalue weighted by molar-refractivity contribution is 7.89. The largest absolute Gasteiger partial charge is 0.322 e. The fourth-order valence-electron chi connectivity index (χ4n) is 2.86. The molecule has 1 heterocycles. The van der Waals surface area contributed by atoms with Gasteiger partial charge in [-0.15, -0.1) is 0 Å². The third-order valence-electron chi connectivity index (χ3n) is 4.22. The first-order valence-corrected chi connectivity index (χ1v) is 9.68. The average Bonchev–Trinajstić information content (AvgIpc) is 2.62. The zero-order valence-electron chi connectivity index (χ0n) is 13.9. The lowest BCUT2D eigenvalue weighted by Crippen LogP contribution is -2.35. The van der Waals surface area contributed by atoms with Crippen molar-refractivity contribution < 1.29 is 22.0 Å². The Labute approximate surface area is 150 Å². The summed E-state index contributed by atoms with van der Waals surface area (Å²) in [4.78, 5) is 12.2. The van der Waals surface area contributed by atoms with Gasteiger partial charge in [-0.2, -0.15) is 4.31 Å². The van der Waals surface area contributed by atoms with Crippen molar-refractivity contribution in [3.8, 4) is 0 Å². The number of nitrogens with zero attached hydrogens (tertiary/aromatic N) is 1. The normalized spacial score (nSPS) is 15.6. The fraction of sp³-hybridized carbons (Fsp3) is 0.278. The number of hydrogen-bond acceptors (Lipinski definition) is 3. The van der Waals surface area contributed by atoms with Crippen LogP contribution < -0.4 is 5.32 Å². The van der Waals surface area contributed by atoms with Gasteiger partial charge >= 0.3 is 0 Å². The number of nitrogens with one attached hydrogen (secondary N) is 1. The molecule has 0 radical (unpaired) electrons. The van der Waals surface area contributed by atoms with E-state index in [1.54, 1.807) is 0 Å². The van der Waals surface area contributed by atoms with Crippen molar-refractivity contribution in [3.05, 3.63) is 59.7 Å². The lowest BCUT2D eigenvalue weighted by Gasteiger charge is -2.26. The van der Waals surface area contributed by atoms with Crippen LogP contribution in [0.2, 0.25) is 0 Å². The molecule has 0 aromatic heterocycles. The smallest absolute Gasteiger partial charge is 0.258 e. The number of rotatable bonds is 4. The van der Waals surface area contributed by atoms with E-state index in [4.69, 9.17) is 0 Å². The lowest BCUT2D eigenvalue weighted by molar-refractivity contribution is 0.102. The van der Waals surface area contributed by atoms with Crippen LogP contribution in [0.15, 0.2) is 47.4 Å². The molecule has 0 bridgehead atoms. The Morgan fingerprint density at radius 3 is 2.42 bits per heavy atom. The Kier molecular flexibility index (Phi) is 5.33. The van der Waals surface area contributed by atoms with Crippen molar-refractivity contribution in [1.82, 2.24) is 4.31 Å². The number of hydrogen-bond donors (Lipinski definition) is 1. The van der Waals surface area contributed by atoms with E-state index in [-0.39, 0.29) is 10.6 Å². The zero-order valence-corrected chi connectivity index (χ0v) is 14.7. The molecular formula is C18H18F2N2O3S. The molecule has 1 aliphatic rings. The Balaban J connectivity index is 1.88. The Bertz CT molecular complexity index is 926. The number of anilines is 1. The molecule has 3 rings (SSSR count). The van der Waals surface area contributed by atoms with Crippen molar-refractivity contribution in [3.63, 3.8) is 0 Å². The second kappa shape index (κ2) is 7.51. The predicted molar refractivity (Wildman–Crippen MR) is 93.4 cm³/mol. The molecule has 0 unspecified atom stereocenters. The topological polar surface area (TPSA) is 66.5 Å². The maximum atomic E-state index is 14.1. The van der Waals surface area contributed by atoms with E-state index in [2.05, 4.69) is 5.32 Å². The first-order chi connectivity index (χ1) is 12.4. The summed E-state index contributed by atoms with van der Waals surface area (Å²) >= 11 is 0. The SMILES string of the molecule is O=C(Nc1cccc(F)c1)c1cc(S(=O)(=O)N2CCCCC2)ccc1F. The van der Waals surface area contributed by atoms with Crippen molar-refractivity contribution in [2.24, 2.45) is 0 Å². The molecule has 1 aliphatic heterocycles. The third-order valence-corrected chi connectivity index (χ3v) is 6.11. The Morgan fingerprint density at radius 2 is 1.73 bits per heavy atom. The van der Waals surface area contributed by atoms with Crippen molar-refractivity contribution >= 4 is 21.6 Å². The third kappa shape index (κ3) is 3.91. The quantitative estimate of drug-likeness (QED) is 0.884. The van der Waals surface area contributed by atoms with Crippen LogP contribution in [-0.4, -0.2) is 31.7 Å². The summed E-state index contributed by atoms with van der Waals surface area (Å²) in [5.74, 6) is -2.25. The summed E-state index contributed by atoms with van der Waals surface area (Å²) < 4.78 is 54.0. The van der Waals surface area contributed by atoms with Crippen molar-refractivity contribution in [2.45, 2.75) is 24.2 Å². The maximum Gasteiger partial charge on any atom is 0.258 e. The first-order valence-electron chi connectivity index (χ1n) is 8.24. The number of halogens is 2. The number of benzene rings is 2. The van der Waals surface area contributed by atoms with Crippen LogP contribution in [0.3, 0.4) is 0 Å². The molecule has 1 fully saturated rings. The molecule has 1 saturated heterocycles. The molecule has 0 saturated carbocycles. The van der Waals surface area contributed by atoms with Crippen LogP contribution in [0.5, 0.6) is 0 Å². The monoisotopic (exact) mass is 380 g/mol. The number of carbonyl (C=O) groups excluding carboxylic acids is 1. The van der Waals surface area contributed by atoms with Crippen LogP contribution in [0, 0.1) is 11.6 Å². The highest BCUT2D eigenvalue weighted by Gasteiger charge is 2.27. The van der Waals surface area contributed by atoms with Gasteiger partial charge in [-0.05, 0) is 49.2 Å². The molecule has 5 nitrogen and oxygen atoms in total.